The van der Waals surface area contributed by atoms with Crippen molar-refractivity contribution in [2.75, 3.05) is 12.4 Å². The largest absolute Gasteiger partial charge is 0.459 e. The van der Waals surface area contributed by atoms with Crippen LogP contribution in [0.25, 0.3) is 11.1 Å². The van der Waals surface area contributed by atoms with E-state index in [0.717, 1.165) is 22.4 Å². The minimum Gasteiger partial charge on any atom is -0.459 e. The molecule has 0 fully saturated rings. The molecule has 1 aromatic heterocycles. The third kappa shape index (κ3) is 3.52. The predicted molar refractivity (Wildman–Crippen MR) is 93.1 cm³/mol. The fourth-order valence-corrected chi connectivity index (χ4v) is 2.30. The van der Waals surface area contributed by atoms with Gasteiger partial charge in [0.15, 0.2) is 5.76 Å². The van der Waals surface area contributed by atoms with E-state index in [-0.39, 0.29) is 11.7 Å². The van der Waals surface area contributed by atoms with E-state index in [9.17, 15) is 4.79 Å². The van der Waals surface area contributed by atoms with Crippen LogP contribution in [0.2, 0.25) is 0 Å². The molecular formula is C19H16N2O3. The molecule has 3 aromatic rings. The molecule has 0 atom stereocenters. The maximum absolute atomic E-state index is 12.2. The van der Waals surface area contributed by atoms with E-state index in [2.05, 4.69) is 15.3 Å². The summed E-state index contributed by atoms with van der Waals surface area (Å²) < 4.78 is 5.13. The number of benzene rings is 2. The summed E-state index contributed by atoms with van der Waals surface area (Å²) in [4.78, 5) is 16.9. The molecule has 5 nitrogen and oxygen atoms in total. The topological polar surface area (TPSA) is 63.8 Å². The third-order valence-corrected chi connectivity index (χ3v) is 3.45. The van der Waals surface area contributed by atoms with Crippen LogP contribution in [0.3, 0.4) is 0 Å². The number of carbonyl (C=O) groups excluding carboxylic acids is 1. The van der Waals surface area contributed by atoms with Crippen molar-refractivity contribution in [2.24, 2.45) is 5.16 Å². The highest BCUT2D eigenvalue weighted by Crippen LogP contribution is 2.28. The van der Waals surface area contributed by atoms with Gasteiger partial charge >= 0.3 is 0 Å². The Hall–Kier alpha value is -3.34. The van der Waals surface area contributed by atoms with E-state index < -0.39 is 0 Å². The summed E-state index contributed by atoms with van der Waals surface area (Å²) in [6.07, 6.45) is 3.11. The third-order valence-electron chi connectivity index (χ3n) is 3.45. The molecule has 1 amide bonds. The molecule has 0 unspecified atom stereocenters. The quantitative estimate of drug-likeness (QED) is 0.566. The number of hydrogen-bond acceptors (Lipinski definition) is 4. The molecule has 1 heterocycles. The number of furan rings is 1. The smallest absolute Gasteiger partial charge is 0.291 e. The molecule has 0 spiro atoms. The molecule has 3 rings (SSSR count). The lowest BCUT2D eigenvalue weighted by Gasteiger charge is -2.10. The molecule has 0 saturated carbocycles. The van der Waals surface area contributed by atoms with Crippen molar-refractivity contribution in [2.45, 2.75) is 0 Å². The highest BCUT2D eigenvalue weighted by Gasteiger charge is 2.12. The number of rotatable bonds is 5. The van der Waals surface area contributed by atoms with Gasteiger partial charge in [-0.25, -0.2) is 0 Å². The Morgan fingerprint density at radius 1 is 1.08 bits per heavy atom. The Labute approximate surface area is 139 Å². The minimum absolute atomic E-state index is 0.274. The minimum atomic E-state index is -0.281. The molecule has 0 bridgehead atoms. The summed E-state index contributed by atoms with van der Waals surface area (Å²) in [6.45, 7) is 0. The van der Waals surface area contributed by atoms with Gasteiger partial charge in [-0.15, -0.1) is 0 Å². The highest BCUT2D eigenvalue weighted by atomic mass is 16.6. The van der Waals surface area contributed by atoms with Gasteiger partial charge in [-0.2, -0.15) is 0 Å². The fourth-order valence-electron chi connectivity index (χ4n) is 2.30. The Balaban J connectivity index is 1.86. The van der Waals surface area contributed by atoms with Crippen molar-refractivity contribution in [3.05, 3.63) is 78.3 Å². The van der Waals surface area contributed by atoms with Crippen LogP contribution in [0.1, 0.15) is 16.1 Å². The molecule has 2 aromatic carbocycles. The summed E-state index contributed by atoms with van der Waals surface area (Å²) in [6, 6.07) is 18.7. The van der Waals surface area contributed by atoms with Gasteiger partial charge in [0.1, 0.15) is 7.11 Å². The van der Waals surface area contributed by atoms with Gasteiger partial charge in [-0.3, -0.25) is 4.79 Å². The number of anilines is 1. The first-order valence-corrected chi connectivity index (χ1v) is 7.39. The van der Waals surface area contributed by atoms with E-state index in [1.807, 2.05) is 48.5 Å². The van der Waals surface area contributed by atoms with E-state index in [1.54, 1.807) is 18.3 Å². The Kier molecular flexibility index (Phi) is 4.72. The summed E-state index contributed by atoms with van der Waals surface area (Å²) >= 11 is 0. The second-order valence-corrected chi connectivity index (χ2v) is 5.02. The van der Waals surface area contributed by atoms with Crippen LogP contribution in [-0.2, 0) is 4.84 Å². The van der Waals surface area contributed by atoms with Gasteiger partial charge in [0.05, 0.1) is 12.5 Å². The van der Waals surface area contributed by atoms with Gasteiger partial charge in [0, 0.05) is 11.3 Å². The SMILES string of the molecule is CO/N=C/c1ccc(-c2ccccc2NC(=O)c2ccco2)cc1. The number of nitrogens with one attached hydrogen (secondary N) is 1. The zero-order valence-corrected chi connectivity index (χ0v) is 13.1. The van der Waals surface area contributed by atoms with E-state index in [1.165, 1.54) is 13.4 Å². The van der Waals surface area contributed by atoms with Gasteiger partial charge < -0.3 is 14.6 Å². The van der Waals surface area contributed by atoms with Crippen LogP contribution < -0.4 is 5.32 Å². The van der Waals surface area contributed by atoms with Crippen LogP contribution in [0, 0.1) is 0 Å². The van der Waals surface area contributed by atoms with Crippen LogP contribution in [0.15, 0.2) is 76.5 Å². The average molecular weight is 320 g/mol. The number of hydrogen-bond donors (Lipinski definition) is 1. The van der Waals surface area contributed by atoms with E-state index >= 15 is 0 Å². The van der Waals surface area contributed by atoms with Crippen molar-refractivity contribution < 1.29 is 14.0 Å². The van der Waals surface area contributed by atoms with Crippen molar-refractivity contribution >= 4 is 17.8 Å². The van der Waals surface area contributed by atoms with Crippen LogP contribution >= 0.6 is 0 Å². The lowest BCUT2D eigenvalue weighted by atomic mass is 10.0. The first-order chi connectivity index (χ1) is 11.8. The first kappa shape index (κ1) is 15.6. The number of oxime groups is 1. The number of amides is 1. The Morgan fingerprint density at radius 2 is 1.88 bits per heavy atom. The molecule has 0 radical (unpaired) electrons. The number of nitrogens with zero attached hydrogens (tertiary/aromatic N) is 1. The molecule has 1 N–H and O–H groups in total. The summed E-state index contributed by atoms with van der Waals surface area (Å²) in [5.74, 6) is -0.00720. The highest BCUT2D eigenvalue weighted by molar-refractivity contribution is 6.04. The molecule has 0 aliphatic rings. The zero-order chi connectivity index (χ0) is 16.8. The molecule has 5 heteroatoms. The van der Waals surface area contributed by atoms with Crippen molar-refractivity contribution in [3.8, 4) is 11.1 Å². The Morgan fingerprint density at radius 3 is 2.58 bits per heavy atom. The monoisotopic (exact) mass is 320 g/mol. The van der Waals surface area contributed by atoms with Crippen molar-refractivity contribution in [1.82, 2.24) is 0 Å². The summed E-state index contributed by atoms with van der Waals surface area (Å²) in [5.41, 5.74) is 3.56. The van der Waals surface area contributed by atoms with Gasteiger partial charge in [0.2, 0.25) is 0 Å². The van der Waals surface area contributed by atoms with Crippen LogP contribution in [0.5, 0.6) is 0 Å². The van der Waals surface area contributed by atoms with Crippen LogP contribution in [-0.4, -0.2) is 19.2 Å². The average Bonchev–Trinajstić information content (AvgIpc) is 3.16. The molecule has 0 aliphatic heterocycles. The number of para-hydroxylation sites is 1. The van der Waals surface area contributed by atoms with Gasteiger partial charge in [0.25, 0.3) is 5.91 Å². The lowest BCUT2D eigenvalue weighted by molar-refractivity contribution is 0.0996. The molecule has 120 valence electrons. The van der Waals surface area contributed by atoms with Crippen molar-refractivity contribution in [1.29, 1.82) is 0 Å². The second kappa shape index (κ2) is 7.28. The maximum Gasteiger partial charge on any atom is 0.291 e. The standard InChI is InChI=1S/C19H16N2O3/c1-23-20-13-14-8-10-15(11-9-14)16-5-2-3-6-17(16)21-19(22)18-7-4-12-24-18/h2-13H,1H3,(H,21,22)/b20-13+. The molecular weight excluding hydrogens is 304 g/mol. The fraction of sp³-hybridized carbons (Fsp3) is 0.0526. The second-order valence-electron chi connectivity index (χ2n) is 5.02. The van der Waals surface area contributed by atoms with E-state index in [0.29, 0.717) is 0 Å². The maximum atomic E-state index is 12.2. The normalized spacial score (nSPS) is 10.7. The van der Waals surface area contributed by atoms with Gasteiger partial charge in [-0.1, -0.05) is 47.6 Å². The lowest BCUT2D eigenvalue weighted by Crippen LogP contribution is -2.11. The van der Waals surface area contributed by atoms with Crippen LogP contribution in [0.4, 0.5) is 5.69 Å². The van der Waals surface area contributed by atoms with Crippen molar-refractivity contribution in [3.63, 3.8) is 0 Å². The molecule has 0 aliphatic carbocycles. The molecule has 0 saturated heterocycles. The summed E-state index contributed by atoms with van der Waals surface area (Å²) in [5, 5.41) is 6.62. The predicted octanol–water partition coefficient (Wildman–Crippen LogP) is 4.18. The first-order valence-electron chi connectivity index (χ1n) is 7.39. The Bertz CT molecular complexity index is 837. The number of carbonyl (C=O) groups is 1. The zero-order valence-electron chi connectivity index (χ0n) is 13.1. The van der Waals surface area contributed by atoms with E-state index in [4.69, 9.17) is 4.42 Å². The van der Waals surface area contributed by atoms with Gasteiger partial charge in [-0.05, 0) is 29.3 Å². The molecule has 24 heavy (non-hydrogen) atoms. The summed E-state index contributed by atoms with van der Waals surface area (Å²) in [7, 11) is 1.50.